The van der Waals surface area contributed by atoms with Crippen LogP contribution >= 0.6 is 0 Å². The van der Waals surface area contributed by atoms with Gasteiger partial charge in [-0.1, -0.05) is 0 Å². The van der Waals surface area contributed by atoms with Gasteiger partial charge in [0.2, 0.25) is 0 Å². The van der Waals surface area contributed by atoms with Crippen LogP contribution in [0.4, 0.5) is 17.6 Å². The van der Waals surface area contributed by atoms with E-state index in [9.17, 15) is 27.8 Å². The van der Waals surface area contributed by atoms with Gasteiger partial charge in [0.15, 0.2) is 0 Å². The summed E-state index contributed by atoms with van der Waals surface area (Å²) < 4.78 is 50.5. The summed E-state index contributed by atoms with van der Waals surface area (Å²) in [5.41, 5.74) is -1.82. The molecule has 0 fully saturated rings. The van der Waals surface area contributed by atoms with Crippen LogP contribution in [-0.2, 0) is 6.18 Å². The molecule has 1 aromatic rings. The Morgan fingerprint density at radius 2 is 1.89 bits per heavy atom. The predicted octanol–water partition coefficient (Wildman–Crippen LogP) is 2.15. The van der Waals surface area contributed by atoms with Crippen molar-refractivity contribution < 1.29 is 27.8 Å². The van der Waals surface area contributed by atoms with E-state index in [0.717, 1.165) is 0 Å². The number of hydrogen-bond acceptors (Lipinski definition) is 3. The fourth-order valence-corrected chi connectivity index (χ4v) is 1.36. The topological polar surface area (TPSA) is 64.2 Å². The zero-order chi connectivity index (χ0) is 13.9. The van der Waals surface area contributed by atoms with Crippen molar-refractivity contribution in [2.24, 2.45) is 0 Å². The smallest absolute Gasteiger partial charge is 0.389 e. The first-order valence-corrected chi connectivity index (χ1v) is 4.87. The predicted molar refractivity (Wildman–Crippen MR) is 52.6 cm³/mol. The molecule has 0 heterocycles. The van der Waals surface area contributed by atoms with Crippen molar-refractivity contribution in [1.82, 2.24) is 0 Å². The van der Waals surface area contributed by atoms with Crippen LogP contribution in [0.2, 0.25) is 0 Å². The molecule has 0 saturated heterocycles. The van der Waals surface area contributed by atoms with E-state index in [1.165, 1.54) is 6.07 Å². The van der Waals surface area contributed by atoms with Crippen LogP contribution in [0.15, 0.2) is 18.2 Å². The molecule has 7 heteroatoms. The van der Waals surface area contributed by atoms with E-state index < -0.39 is 41.7 Å². The highest BCUT2D eigenvalue weighted by Gasteiger charge is 2.32. The molecule has 0 bridgehead atoms. The SMILES string of the molecule is N#CCC(O)C(O)c1cc(C(F)(F)F)ccc1F. The molecule has 2 N–H and O–H groups in total. The number of nitrogens with zero attached hydrogens (tertiary/aromatic N) is 1. The lowest BCUT2D eigenvalue weighted by Crippen LogP contribution is -2.19. The van der Waals surface area contributed by atoms with Crippen LogP contribution in [0.25, 0.3) is 0 Å². The fraction of sp³-hybridized carbons (Fsp3) is 0.364. The van der Waals surface area contributed by atoms with Crippen molar-refractivity contribution in [3.63, 3.8) is 0 Å². The second-order valence-corrected chi connectivity index (χ2v) is 3.61. The molecule has 0 spiro atoms. The highest BCUT2D eigenvalue weighted by atomic mass is 19.4. The minimum atomic E-state index is -4.68. The Balaban J connectivity index is 3.12. The molecule has 0 aliphatic carbocycles. The van der Waals surface area contributed by atoms with Gasteiger partial charge in [-0.2, -0.15) is 18.4 Å². The largest absolute Gasteiger partial charge is 0.416 e. The first-order valence-electron chi connectivity index (χ1n) is 4.87. The van der Waals surface area contributed by atoms with Gasteiger partial charge < -0.3 is 10.2 Å². The summed E-state index contributed by atoms with van der Waals surface area (Å²) in [7, 11) is 0. The molecule has 0 aliphatic rings. The van der Waals surface area contributed by atoms with Crippen LogP contribution in [0.1, 0.15) is 23.7 Å². The molecule has 1 aromatic carbocycles. The summed E-state index contributed by atoms with van der Waals surface area (Å²) in [5, 5.41) is 27.0. The molecule has 0 aromatic heterocycles. The van der Waals surface area contributed by atoms with E-state index in [0.29, 0.717) is 18.2 Å². The van der Waals surface area contributed by atoms with Crippen molar-refractivity contribution in [3.05, 3.63) is 35.1 Å². The van der Waals surface area contributed by atoms with Crippen LogP contribution in [0, 0.1) is 17.1 Å². The van der Waals surface area contributed by atoms with Crippen molar-refractivity contribution in [2.45, 2.75) is 24.8 Å². The molecule has 98 valence electrons. The third-order valence-corrected chi connectivity index (χ3v) is 2.31. The Morgan fingerprint density at radius 3 is 2.39 bits per heavy atom. The zero-order valence-electron chi connectivity index (χ0n) is 8.95. The van der Waals surface area contributed by atoms with Crippen LogP contribution in [0.3, 0.4) is 0 Å². The van der Waals surface area contributed by atoms with E-state index in [1.807, 2.05) is 0 Å². The van der Waals surface area contributed by atoms with E-state index >= 15 is 0 Å². The van der Waals surface area contributed by atoms with Crippen LogP contribution in [0.5, 0.6) is 0 Å². The average molecular weight is 263 g/mol. The Morgan fingerprint density at radius 1 is 1.28 bits per heavy atom. The molecule has 0 amide bonds. The van der Waals surface area contributed by atoms with Crippen LogP contribution < -0.4 is 0 Å². The molecule has 0 saturated carbocycles. The third-order valence-electron chi connectivity index (χ3n) is 2.31. The van der Waals surface area contributed by atoms with Crippen LogP contribution in [-0.4, -0.2) is 16.3 Å². The molecule has 2 unspecified atom stereocenters. The Bertz CT molecular complexity index is 467. The second kappa shape index (κ2) is 5.33. The highest BCUT2D eigenvalue weighted by Crippen LogP contribution is 2.32. The number of hydrogen-bond donors (Lipinski definition) is 2. The first-order chi connectivity index (χ1) is 8.27. The van der Waals surface area contributed by atoms with E-state index in [-0.39, 0.29) is 0 Å². The lowest BCUT2D eigenvalue weighted by molar-refractivity contribution is -0.137. The van der Waals surface area contributed by atoms with Gasteiger partial charge in [-0.25, -0.2) is 4.39 Å². The number of aliphatic hydroxyl groups excluding tert-OH is 2. The Hall–Kier alpha value is -1.65. The molecule has 2 atom stereocenters. The number of nitriles is 1. The molecule has 0 radical (unpaired) electrons. The van der Waals surface area contributed by atoms with Crippen molar-refractivity contribution in [1.29, 1.82) is 5.26 Å². The third kappa shape index (κ3) is 3.18. The summed E-state index contributed by atoms with van der Waals surface area (Å²) in [6, 6.07) is 3.03. The lowest BCUT2D eigenvalue weighted by atomic mass is 9.99. The summed E-state index contributed by atoms with van der Waals surface area (Å²) in [5.74, 6) is -1.08. The van der Waals surface area contributed by atoms with Crippen molar-refractivity contribution in [3.8, 4) is 6.07 Å². The summed E-state index contributed by atoms with van der Waals surface area (Å²) in [4.78, 5) is 0. The molecular formula is C11H9F4NO2. The van der Waals surface area contributed by atoms with Crippen molar-refractivity contribution >= 4 is 0 Å². The van der Waals surface area contributed by atoms with E-state index in [4.69, 9.17) is 5.26 Å². The standard InChI is InChI=1S/C11H9F4NO2/c12-8-2-1-6(11(13,14)15)5-7(8)10(18)9(17)3-4-16/h1-2,5,9-10,17-18H,3H2. The maximum Gasteiger partial charge on any atom is 0.416 e. The second-order valence-electron chi connectivity index (χ2n) is 3.61. The zero-order valence-corrected chi connectivity index (χ0v) is 8.95. The van der Waals surface area contributed by atoms with Gasteiger partial charge in [0, 0.05) is 5.56 Å². The number of benzene rings is 1. The molecule has 18 heavy (non-hydrogen) atoms. The maximum atomic E-state index is 13.3. The molecular weight excluding hydrogens is 254 g/mol. The first kappa shape index (κ1) is 14.4. The minimum Gasteiger partial charge on any atom is -0.389 e. The summed E-state index contributed by atoms with van der Waals surface area (Å²) in [6.07, 6.45) is -8.72. The monoisotopic (exact) mass is 263 g/mol. The Labute approximate surface area is 99.9 Å². The molecule has 3 nitrogen and oxygen atoms in total. The quantitative estimate of drug-likeness (QED) is 0.821. The number of aliphatic hydroxyl groups is 2. The average Bonchev–Trinajstić information content (AvgIpc) is 2.27. The minimum absolute atomic E-state index is 0.417. The Kier molecular flexibility index (Phi) is 4.27. The number of alkyl halides is 3. The van der Waals surface area contributed by atoms with Gasteiger partial charge in [0.25, 0.3) is 0 Å². The van der Waals surface area contributed by atoms with Gasteiger partial charge in [-0.3, -0.25) is 0 Å². The van der Waals surface area contributed by atoms with E-state index in [2.05, 4.69) is 0 Å². The van der Waals surface area contributed by atoms with Gasteiger partial charge in [0.1, 0.15) is 11.9 Å². The van der Waals surface area contributed by atoms with Gasteiger partial charge in [0.05, 0.1) is 24.2 Å². The van der Waals surface area contributed by atoms with E-state index in [1.54, 1.807) is 0 Å². The van der Waals surface area contributed by atoms with Gasteiger partial charge >= 0.3 is 6.18 Å². The highest BCUT2D eigenvalue weighted by molar-refractivity contribution is 5.29. The maximum absolute atomic E-state index is 13.3. The normalized spacial score (nSPS) is 14.9. The summed E-state index contributed by atoms with van der Waals surface area (Å²) in [6.45, 7) is 0. The van der Waals surface area contributed by atoms with Crippen molar-refractivity contribution in [2.75, 3.05) is 0 Å². The molecule has 0 aliphatic heterocycles. The fourth-order valence-electron chi connectivity index (χ4n) is 1.36. The summed E-state index contributed by atoms with van der Waals surface area (Å²) >= 11 is 0. The van der Waals surface area contributed by atoms with Gasteiger partial charge in [-0.05, 0) is 18.2 Å². The lowest BCUT2D eigenvalue weighted by Gasteiger charge is -2.17. The number of halogens is 4. The van der Waals surface area contributed by atoms with Gasteiger partial charge in [-0.15, -0.1) is 0 Å². The number of rotatable bonds is 3. The molecule has 1 rings (SSSR count).